The van der Waals surface area contributed by atoms with Gasteiger partial charge in [0.25, 0.3) is 0 Å². The molecule has 1 N–H and O–H groups in total. The molecular formula is C13H17ClN2O2. The summed E-state index contributed by atoms with van der Waals surface area (Å²) in [5.74, 6) is -0.0269. The van der Waals surface area contributed by atoms with E-state index in [1.165, 1.54) is 0 Å². The van der Waals surface area contributed by atoms with Gasteiger partial charge in [0, 0.05) is 6.20 Å². The van der Waals surface area contributed by atoms with E-state index in [4.69, 9.17) is 16.3 Å². The van der Waals surface area contributed by atoms with E-state index in [1.54, 1.807) is 18.5 Å². The van der Waals surface area contributed by atoms with Gasteiger partial charge in [-0.15, -0.1) is 0 Å². The number of carbonyl (C=O) groups is 1. The van der Waals surface area contributed by atoms with Gasteiger partial charge in [-0.05, 0) is 25.8 Å². The van der Waals surface area contributed by atoms with Crippen molar-refractivity contribution in [3.8, 4) is 0 Å². The number of pyridine rings is 1. The second-order valence-corrected chi connectivity index (χ2v) is 5.18. The molecule has 1 fully saturated rings. The molecule has 1 aliphatic rings. The molecule has 1 aliphatic heterocycles. The maximum atomic E-state index is 12.3. The Labute approximate surface area is 112 Å². The highest BCUT2D eigenvalue weighted by atomic mass is 35.5. The number of halogens is 1. The first-order valence-electron chi connectivity index (χ1n) is 6.06. The molecule has 4 unspecified atom stereocenters. The maximum absolute atomic E-state index is 12.3. The Bertz CT molecular complexity index is 452. The third-order valence-electron chi connectivity index (χ3n) is 3.57. The molecule has 1 aromatic rings. The Morgan fingerprint density at radius 1 is 1.39 bits per heavy atom. The van der Waals surface area contributed by atoms with Crippen molar-refractivity contribution < 1.29 is 9.53 Å². The zero-order valence-corrected chi connectivity index (χ0v) is 11.4. The highest BCUT2D eigenvalue weighted by Gasteiger charge is 2.41. The molecule has 2 rings (SSSR count). The minimum Gasteiger partial charge on any atom is -0.374 e. The number of hydrogen-bond acceptors (Lipinski definition) is 3. The van der Waals surface area contributed by atoms with Crippen LogP contribution in [-0.4, -0.2) is 23.1 Å². The van der Waals surface area contributed by atoms with Crippen LogP contribution in [0.4, 0.5) is 5.69 Å². The number of nitrogens with one attached hydrogen (secondary N) is 1. The first-order valence-corrected chi connectivity index (χ1v) is 6.44. The van der Waals surface area contributed by atoms with Crippen molar-refractivity contribution in [2.75, 3.05) is 5.32 Å². The van der Waals surface area contributed by atoms with Crippen LogP contribution in [0.2, 0.25) is 5.02 Å². The molecular weight excluding hydrogens is 252 g/mol. The van der Waals surface area contributed by atoms with Crippen LogP contribution in [0.25, 0.3) is 0 Å². The summed E-state index contributed by atoms with van der Waals surface area (Å²) >= 11 is 5.99. The van der Waals surface area contributed by atoms with Crippen molar-refractivity contribution in [1.82, 2.24) is 4.98 Å². The van der Waals surface area contributed by atoms with E-state index in [0.717, 1.165) is 0 Å². The highest BCUT2D eigenvalue weighted by Crippen LogP contribution is 2.33. The lowest BCUT2D eigenvalue weighted by atomic mass is 9.89. The monoisotopic (exact) mass is 268 g/mol. The molecule has 0 aromatic carbocycles. The summed E-state index contributed by atoms with van der Waals surface area (Å²) in [7, 11) is 0. The summed E-state index contributed by atoms with van der Waals surface area (Å²) in [6, 6.07) is 1.65. The average Bonchev–Trinajstić information content (AvgIpc) is 2.56. The summed E-state index contributed by atoms with van der Waals surface area (Å²) in [6.45, 7) is 5.95. The molecule has 18 heavy (non-hydrogen) atoms. The van der Waals surface area contributed by atoms with Crippen molar-refractivity contribution in [3.63, 3.8) is 0 Å². The number of anilines is 1. The van der Waals surface area contributed by atoms with Crippen molar-refractivity contribution in [2.45, 2.75) is 33.0 Å². The molecule has 0 saturated carbocycles. The molecule has 1 saturated heterocycles. The molecule has 0 spiro atoms. The Hall–Kier alpha value is -1.13. The van der Waals surface area contributed by atoms with Crippen molar-refractivity contribution in [2.24, 2.45) is 11.8 Å². The smallest absolute Gasteiger partial charge is 0.230 e. The maximum Gasteiger partial charge on any atom is 0.230 e. The minimum atomic E-state index is -0.156. The summed E-state index contributed by atoms with van der Waals surface area (Å²) < 4.78 is 5.67. The third kappa shape index (κ3) is 2.49. The van der Waals surface area contributed by atoms with Crippen LogP contribution in [0, 0.1) is 11.8 Å². The summed E-state index contributed by atoms with van der Waals surface area (Å²) in [5.41, 5.74) is 0.545. The van der Waals surface area contributed by atoms with Crippen LogP contribution in [0.15, 0.2) is 18.5 Å². The number of ether oxygens (including phenoxy) is 1. The third-order valence-corrected chi connectivity index (χ3v) is 3.90. The predicted octanol–water partition coefficient (Wildman–Crippen LogP) is 2.73. The largest absolute Gasteiger partial charge is 0.374 e. The number of rotatable bonds is 2. The molecule has 0 radical (unpaired) electrons. The first kappa shape index (κ1) is 13.3. The van der Waals surface area contributed by atoms with Gasteiger partial charge < -0.3 is 10.1 Å². The van der Waals surface area contributed by atoms with E-state index < -0.39 is 0 Å². The Morgan fingerprint density at radius 3 is 2.67 bits per heavy atom. The van der Waals surface area contributed by atoms with Crippen LogP contribution < -0.4 is 5.32 Å². The van der Waals surface area contributed by atoms with E-state index >= 15 is 0 Å². The predicted molar refractivity (Wildman–Crippen MR) is 70.5 cm³/mol. The molecule has 1 amide bonds. The van der Waals surface area contributed by atoms with Crippen molar-refractivity contribution >= 4 is 23.2 Å². The summed E-state index contributed by atoms with van der Waals surface area (Å²) in [6.07, 6.45) is 3.16. The summed E-state index contributed by atoms with van der Waals surface area (Å²) in [5, 5.41) is 3.31. The lowest BCUT2D eigenvalue weighted by Gasteiger charge is -2.18. The van der Waals surface area contributed by atoms with E-state index in [1.807, 2.05) is 20.8 Å². The lowest BCUT2D eigenvalue weighted by molar-refractivity contribution is -0.121. The highest BCUT2D eigenvalue weighted by molar-refractivity contribution is 6.33. The normalized spacial score (nSPS) is 31.3. The van der Waals surface area contributed by atoms with Gasteiger partial charge in [0.1, 0.15) is 0 Å². The molecule has 0 bridgehead atoms. The van der Waals surface area contributed by atoms with Crippen molar-refractivity contribution in [1.29, 1.82) is 0 Å². The molecule has 1 aromatic heterocycles. The van der Waals surface area contributed by atoms with E-state index in [0.29, 0.717) is 10.7 Å². The fourth-order valence-electron chi connectivity index (χ4n) is 2.40. The molecule has 5 heteroatoms. The zero-order valence-electron chi connectivity index (χ0n) is 10.7. The quantitative estimate of drug-likeness (QED) is 0.897. The minimum absolute atomic E-state index is 0.0609. The molecule has 0 aliphatic carbocycles. The number of nitrogens with zero attached hydrogens (tertiary/aromatic N) is 1. The van der Waals surface area contributed by atoms with Gasteiger partial charge in [-0.1, -0.05) is 18.5 Å². The van der Waals surface area contributed by atoms with Crippen molar-refractivity contribution in [3.05, 3.63) is 23.5 Å². The molecule has 4 nitrogen and oxygen atoms in total. The Morgan fingerprint density at radius 2 is 2.11 bits per heavy atom. The standard InChI is InChI=1S/C13H17ClN2O2/c1-7-8(2)18-9(3)12(7)13(17)16-11-6-15-5-4-10(11)14/h4-9,12H,1-3H3,(H,16,17). The molecule has 98 valence electrons. The van der Waals surface area contributed by atoms with E-state index in [2.05, 4.69) is 10.3 Å². The number of carbonyl (C=O) groups excluding carboxylic acids is 1. The van der Waals surface area contributed by atoms with Crippen LogP contribution in [0.3, 0.4) is 0 Å². The fourth-order valence-corrected chi connectivity index (χ4v) is 2.56. The van der Waals surface area contributed by atoms with Crippen LogP contribution >= 0.6 is 11.6 Å². The SMILES string of the molecule is CC1OC(C)C(C(=O)Nc2cnccc2Cl)C1C. The topological polar surface area (TPSA) is 51.2 Å². The van der Waals surface area contributed by atoms with Crippen LogP contribution in [-0.2, 0) is 9.53 Å². The average molecular weight is 269 g/mol. The van der Waals surface area contributed by atoms with Crippen LogP contribution in [0.5, 0.6) is 0 Å². The number of amides is 1. The number of hydrogen-bond donors (Lipinski definition) is 1. The van der Waals surface area contributed by atoms with E-state index in [-0.39, 0.29) is 30.0 Å². The van der Waals surface area contributed by atoms with Gasteiger partial charge in [-0.2, -0.15) is 0 Å². The van der Waals surface area contributed by atoms with Gasteiger partial charge in [-0.3, -0.25) is 9.78 Å². The van der Waals surface area contributed by atoms with Gasteiger partial charge in [0.05, 0.1) is 35.0 Å². The second kappa shape index (κ2) is 5.24. The van der Waals surface area contributed by atoms with Gasteiger partial charge >= 0.3 is 0 Å². The molecule has 2 heterocycles. The molecule has 4 atom stereocenters. The number of aromatic nitrogens is 1. The summed E-state index contributed by atoms with van der Waals surface area (Å²) in [4.78, 5) is 16.2. The van der Waals surface area contributed by atoms with E-state index in [9.17, 15) is 4.79 Å². The Balaban J connectivity index is 2.11. The zero-order chi connectivity index (χ0) is 13.3. The second-order valence-electron chi connectivity index (χ2n) is 4.78. The fraction of sp³-hybridized carbons (Fsp3) is 0.538. The van der Waals surface area contributed by atoms with Gasteiger partial charge in [0.15, 0.2) is 0 Å². The van der Waals surface area contributed by atoms with Gasteiger partial charge in [0.2, 0.25) is 5.91 Å². The first-order chi connectivity index (χ1) is 8.50. The van der Waals surface area contributed by atoms with Crippen LogP contribution in [0.1, 0.15) is 20.8 Å². The Kier molecular flexibility index (Phi) is 3.88. The van der Waals surface area contributed by atoms with Gasteiger partial charge in [-0.25, -0.2) is 0 Å². The lowest BCUT2D eigenvalue weighted by Crippen LogP contribution is -2.32.